The average molecular weight is 226 g/mol. The highest BCUT2D eigenvalue weighted by atomic mass is 16.5. The molecule has 0 spiro atoms. The molecule has 0 fully saturated rings. The van der Waals surface area contributed by atoms with Gasteiger partial charge in [-0.05, 0) is 27.7 Å². The van der Waals surface area contributed by atoms with Crippen LogP contribution in [-0.4, -0.2) is 27.5 Å². The first-order valence-electron chi connectivity index (χ1n) is 5.26. The van der Waals surface area contributed by atoms with Crippen molar-refractivity contribution < 1.29 is 14.6 Å². The van der Waals surface area contributed by atoms with Crippen LogP contribution in [0.2, 0.25) is 0 Å². The number of aromatic nitrogens is 2. The van der Waals surface area contributed by atoms with Crippen LogP contribution in [0.3, 0.4) is 0 Å². The van der Waals surface area contributed by atoms with E-state index in [9.17, 15) is 4.79 Å². The van der Waals surface area contributed by atoms with Gasteiger partial charge in [0.1, 0.15) is 5.56 Å². The van der Waals surface area contributed by atoms with E-state index in [1.807, 2.05) is 27.7 Å². The Balaban J connectivity index is 3.14. The summed E-state index contributed by atoms with van der Waals surface area (Å²) in [6, 6.07) is 0. The van der Waals surface area contributed by atoms with Crippen molar-refractivity contribution in [2.45, 2.75) is 39.8 Å². The standard InChI is InChI=1S/C11H18N2O3/c1-5-16-7-9-8(10(14)15)6-12-13(9)11(2,3)4/h6H,5,7H2,1-4H3,(H,14,15). The van der Waals surface area contributed by atoms with E-state index >= 15 is 0 Å². The van der Waals surface area contributed by atoms with Gasteiger partial charge in [-0.15, -0.1) is 0 Å². The molecular formula is C11H18N2O3. The highest BCUT2D eigenvalue weighted by Gasteiger charge is 2.23. The second kappa shape index (κ2) is 4.65. The Bertz CT molecular complexity index is 377. The van der Waals surface area contributed by atoms with Gasteiger partial charge in [0.05, 0.1) is 24.0 Å². The molecule has 5 heteroatoms. The van der Waals surface area contributed by atoms with Crippen molar-refractivity contribution in [1.82, 2.24) is 9.78 Å². The van der Waals surface area contributed by atoms with Gasteiger partial charge >= 0.3 is 5.97 Å². The van der Waals surface area contributed by atoms with Gasteiger partial charge in [-0.1, -0.05) is 0 Å². The summed E-state index contributed by atoms with van der Waals surface area (Å²) in [6.45, 7) is 8.62. The number of rotatable bonds is 4. The minimum atomic E-state index is -0.967. The van der Waals surface area contributed by atoms with Crippen LogP contribution >= 0.6 is 0 Å². The smallest absolute Gasteiger partial charge is 0.339 e. The topological polar surface area (TPSA) is 64.3 Å². The minimum Gasteiger partial charge on any atom is -0.478 e. The summed E-state index contributed by atoms with van der Waals surface area (Å²) < 4.78 is 6.98. The van der Waals surface area contributed by atoms with Crippen molar-refractivity contribution >= 4 is 5.97 Å². The van der Waals surface area contributed by atoms with Crippen molar-refractivity contribution in [2.75, 3.05) is 6.61 Å². The number of nitrogens with zero attached hydrogens (tertiary/aromatic N) is 2. The maximum atomic E-state index is 11.0. The molecule has 0 bridgehead atoms. The lowest BCUT2D eigenvalue weighted by Gasteiger charge is -2.22. The molecule has 90 valence electrons. The predicted octanol–water partition coefficient (Wildman–Crippen LogP) is 1.87. The first-order valence-corrected chi connectivity index (χ1v) is 5.26. The summed E-state index contributed by atoms with van der Waals surface area (Å²) in [4.78, 5) is 11.0. The summed E-state index contributed by atoms with van der Waals surface area (Å²) in [5, 5.41) is 13.2. The molecule has 16 heavy (non-hydrogen) atoms. The molecule has 1 heterocycles. The Morgan fingerprint density at radius 3 is 2.62 bits per heavy atom. The number of carboxylic acids is 1. The van der Waals surface area contributed by atoms with Crippen LogP contribution in [0.5, 0.6) is 0 Å². The monoisotopic (exact) mass is 226 g/mol. The van der Waals surface area contributed by atoms with Gasteiger partial charge in [0, 0.05) is 6.61 Å². The minimum absolute atomic E-state index is 0.211. The average Bonchev–Trinajstić information content (AvgIpc) is 2.57. The largest absolute Gasteiger partial charge is 0.478 e. The van der Waals surface area contributed by atoms with E-state index in [1.54, 1.807) is 4.68 Å². The third-order valence-electron chi connectivity index (χ3n) is 2.18. The number of carbonyl (C=O) groups is 1. The SMILES string of the molecule is CCOCc1c(C(=O)O)cnn1C(C)(C)C. The van der Waals surface area contributed by atoms with Gasteiger partial charge in [-0.3, -0.25) is 4.68 Å². The van der Waals surface area contributed by atoms with E-state index in [0.29, 0.717) is 12.3 Å². The molecule has 0 amide bonds. The molecule has 1 aromatic heterocycles. The number of carboxylic acid groups (broad SMARTS) is 1. The molecule has 0 aliphatic rings. The fourth-order valence-corrected chi connectivity index (χ4v) is 1.47. The number of aromatic carboxylic acids is 1. The van der Waals surface area contributed by atoms with Gasteiger partial charge in [0.2, 0.25) is 0 Å². The normalized spacial score (nSPS) is 11.8. The van der Waals surface area contributed by atoms with E-state index in [4.69, 9.17) is 9.84 Å². The molecule has 0 saturated heterocycles. The van der Waals surface area contributed by atoms with Crippen LogP contribution in [0.15, 0.2) is 6.20 Å². The fourth-order valence-electron chi connectivity index (χ4n) is 1.47. The fraction of sp³-hybridized carbons (Fsp3) is 0.636. The zero-order chi connectivity index (χ0) is 12.3. The molecule has 0 aliphatic carbocycles. The molecule has 1 rings (SSSR count). The van der Waals surface area contributed by atoms with Crippen molar-refractivity contribution in [3.05, 3.63) is 17.5 Å². The van der Waals surface area contributed by atoms with Gasteiger partial charge in [0.25, 0.3) is 0 Å². The molecular weight excluding hydrogens is 208 g/mol. The van der Waals surface area contributed by atoms with Crippen LogP contribution < -0.4 is 0 Å². The molecule has 0 aliphatic heterocycles. The van der Waals surface area contributed by atoms with E-state index in [-0.39, 0.29) is 17.7 Å². The molecule has 5 nitrogen and oxygen atoms in total. The predicted molar refractivity (Wildman–Crippen MR) is 59.5 cm³/mol. The van der Waals surface area contributed by atoms with Crippen LogP contribution in [0.1, 0.15) is 43.7 Å². The number of hydrogen-bond donors (Lipinski definition) is 1. The van der Waals surface area contributed by atoms with Gasteiger partial charge in [0.15, 0.2) is 0 Å². The third-order valence-corrected chi connectivity index (χ3v) is 2.18. The summed E-state index contributed by atoms with van der Waals surface area (Å²) >= 11 is 0. The Hall–Kier alpha value is -1.36. The molecule has 0 unspecified atom stereocenters. The van der Waals surface area contributed by atoms with Crippen LogP contribution in [0, 0.1) is 0 Å². The lowest BCUT2D eigenvalue weighted by atomic mass is 10.1. The molecule has 0 atom stereocenters. The lowest BCUT2D eigenvalue weighted by Crippen LogP contribution is -2.26. The first-order chi connectivity index (χ1) is 7.38. The summed E-state index contributed by atoms with van der Waals surface area (Å²) in [6.07, 6.45) is 1.38. The quantitative estimate of drug-likeness (QED) is 0.851. The molecule has 1 aromatic rings. The van der Waals surface area contributed by atoms with E-state index in [1.165, 1.54) is 6.20 Å². The first kappa shape index (κ1) is 12.7. The zero-order valence-electron chi connectivity index (χ0n) is 10.1. The van der Waals surface area contributed by atoms with Gasteiger partial charge < -0.3 is 9.84 Å². The molecule has 0 aromatic carbocycles. The lowest BCUT2D eigenvalue weighted by molar-refractivity contribution is 0.0686. The molecule has 0 radical (unpaired) electrons. The maximum absolute atomic E-state index is 11.0. The number of ether oxygens (including phenoxy) is 1. The second-order valence-corrected chi connectivity index (χ2v) is 4.53. The maximum Gasteiger partial charge on any atom is 0.339 e. The Morgan fingerprint density at radius 2 is 2.19 bits per heavy atom. The highest BCUT2D eigenvalue weighted by Crippen LogP contribution is 2.19. The Morgan fingerprint density at radius 1 is 1.56 bits per heavy atom. The van der Waals surface area contributed by atoms with Crippen LogP contribution in [0.25, 0.3) is 0 Å². The Labute approximate surface area is 95.0 Å². The van der Waals surface area contributed by atoms with Crippen LogP contribution in [-0.2, 0) is 16.9 Å². The second-order valence-electron chi connectivity index (χ2n) is 4.53. The molecule has 0 saturated carbocycles. The van der Waals surface area contributed by atoms with Crippen molar-refractivity contribution in [3.8, 4) is 0 Å². The molecule has 1 N–H and O–H groups in total. The summed E-state index contributed by atoms with van der Waals surface area (Å²) in [7, 11) is 0. The van der Waals surface area contributed by atoms with Crippen molar-refractivity contribution in [2.24, 2.45) is 0 Å². The third kappa shape index (κ3) is 2.61. The van der Waals surface area contributed by atoms with E-state index in [2.05, 4.69) is 5.10 Å². The van der Waals surface area contributed by atoms with E-state index < -0.39 is 5.97 Å². The van der Waals surface area contributed by atoms with Gasteiger partial charge in [-0.25, -0.2) is 4.79 Å². The van der Waals surface area contributed by atoms with Gasteiger partial charge in [-0.2, -0.15) is 5.10 Å². The van der Waals surface area contributed by atoms with Crippen molar-refractivity contribution in [3.63, 3.8) is 0 Å². The number of hydrogen-bond acceptors (Lipinski definition) is 3. The van der Waals surface area contributed by atoms with E-state index in [0.717, 1.165) is 0 Å². The van der Waals surface area contributed by atoms with Crippen molar-refractivity contribution in [1.29, 1.82) is 0 Å². The Kier molecular flexibility index (Phi) is 3.70. The zero-order valence-corrected chi connectivity index (χ0v) is 10.1. The summed E-state index contributed by atoms with van der Waals surface area (Å²) in [5.41, 5.74) is 0.574. The highest BCUT2D eigenvalue weighted by molar-refractivity contribution is 5.88. The summed E-state index contributed by atoms with van der Waals surface area (Å²) in [5.74, 6) is -0.967. The van der Waals surface area contributed by atoms with Crippen LogP contribution in [0.4, 0.5) is 0 Å².